The molecule has 1 amide bonds. The molecule has 2 aliphatic heterocycles. The van der Waals surface area contributed by atoms with Gasteiger partial charge in [0.1, 0.15) is 29.7 Å². The minimum Gasteiger partial charge on any atom is -0.508 e. The van der Waals surface area contributed by atoms with Crippen molar-refractivity contribution in [1.29, 1.82) is 0 Å². The Morgan fingerprint density at radius 2 is 1.75 bits per heavy atom. The number of amides is 1. The van der Waals surface area contributed by atoms with Gasteiger partial charge >= 0.3 is 18.0 Å². The van der Waals surface area contributed by atoms with E-state index in [1.54, 1.807) is 55.4 Å². The first-order chi connectivity index (χ1) is 25.9. The lowest BCUT2D eigenvalue weighted by molar-refractivity contribution is -0.157. The van der Waals surface area contributed by atoms with E-state index in [1.165, 1.54) is 13.8 Å². The highest BCUT2D eigenvalue weighted by Crippen LogP contribution is 2.28. The number of allylic oxidation sites excluding steroid dienone is 2. The predicted molar refractivity (Wildman–Crippen MR) is 209 cm³/mol. The molecule has 13 heteroatoms. The molecule has 1 fully saturated rings. The average Bonchev–Trinajstić information content (AvgIpc) is 3.13. The Morgan fingerprint density at radius 1 is 1.09 bits per heavy atom. The van der Waals surface area contributed by atoms with E-state index in [0.717, 1.165) is 12.1 Å². The molecule has 2 heterocycles. The molecule has 4 N–H and O–H groups in total. The van der Waals surface area contributed by atoms with Crippen molar-refractivity contribution in [2.45, 2.75) is 123 Å². The van der Waals surface area contributed by atoms with E-state index < -0.39 is 66.0 Å². The molecule has 0 spiro atoms. The molecule has 1 aromatic rings. The molecular formula is C42H64N2O11. The van der Waals surface area contributed by atoms with Gasteiger partial charge in [0.15, 0.2) is 0 Å². The summed E-state index contributed by atoms with van der Waals surface area (Å²) < 4.78 is 23.0. The number of piperazine rings is 1. The first-order valence-electron chi connectivity index (χ1n) is 19.5. The highest BCUT2D eigenvalue weighted by molar-refractivity contribution is 5.70. The van der Waals surface area contributed by atoms with Crippen LogP contribution in [0.4, 0.5) is 10.5 Å². The number of methoxy groups -OCH3 is 1. The fourth-order valence-corrected chi connectivity index (χ4v) is 7.22. The number of phenols is 1. The molecule has 308 valence electrons. The number of carbonyl (C=O) groups is 3. The van der Waals surface area contributed by atoms with Gasteiger partial charge in [0.05, 0.1) is 24.7 Å². The molecule has 0 aromatic heterocycles. The molecule has 55 heavy (non-hydrogen) atoms. The summed E-state index contributed by atoms with van der Waals surface area (Å²) in [6.45, 7) is 14.3. The van der Waals surface area contributed by atoms with Crippen LogP contribution in [0.15, 0.2) is 60.2 Å². The first-order valence-corrected chi connectivity index (χ1v) is 19.5. The van der Waals surface area contributed by atoms with Crippen molar-refractivity contribution >= 4 is 23.7 Å². The predicted octanol–water partition coefficient (Wildman–Crippen LogP) is 5.30. The number of aliphatic hydroxyl groups excluding tert-OH is 2. The van der Waals surface area contributed by atoms with Crippen LogP contribution in [-0.2, 0) is 28.5 Å². The van der Waals surface area contributed by atoms with Crippen molar-refractivity contribution in [1.82, 2.24) is 4.90 Å². The van der Waals surface area contributed by atoms with E-state index in [-0.39, 0.29) is 37.0 Å². The number of rotatable bonds is 13. The number of benzene rings is 1. The molecule has 1 saturated heterocycles. The van der Waals surface area contributed by atoms with Gasteiger partial charge in [0.25, 0.3) is 0 Å². The maximum Gasteiger partial charge on any atom is 0.410 e. The Balaban J connectivity index is 1.81. The van der Waals surface area contributed by atoms with Gasteiger partial charge in [0, 0.05) is 57.7 Å². The number of carbonyl (C=O) groups excluding carboxylic acids is 3. The van der Waals surface area contributed by atoms with Crippen LogP contribution in [0.25, 0.3) is 0 Å². The van der Waals surface area contributed by atoms with Crippen molar-refractivity contribution in [3.05, 3.63) is 60.2 Å². The highest BCUT2D eigenvalue weighted by Gasteiger charge is 2.36. The molecule has 13 nitrogen and oxygen atoms in total. The lowest BCUT2D eigenvalue weighted by atomic mass is 9.88. The van der Waals surface area contributed by atoms with Crippen LogP contribution in [0, 0.1) is 17.8 Å². The number of hydrogen-bond acceptors (Lipinski definition) is 12. The van der Waals surface area contributed by atoms with Crippen molar-refractivity contribution in [3.8, 4) is 5.75 Å². The van der Waals surface area contributed by atoms with Gasteiger partial charge < -0.3 is 49.2 Å². The number of aromatic hydroxyl groups is 1. The van der Waals surface area contributed by atoms with Gasteiger partial charge in [0.2, 0.25) is 0 Å². The molecule has 2 aliphatic rings. The Hall–Kier alpha value is -3.91. The quantitative estimate of drug-likeness (QED) is 0.0883. The standard InChI is InChI=1S/C42H64N2O11/c1-9-36(52-8)30(5)25-35(48)40(55-41(50)44-23-21-43(22-24-44)32-14-16-33(46)17-15-32)28(3)12-10-11-27(2)39-29(4)13-18-37(53-31(6)45)42(7,51)20-19-34(47)26-38(49)54-39/h10-18,28-30,34-37,39-40,46-48,51H,9,19-26H2,1-8H3/b12-10+,18-13+,27-11+. The number of nitrogens with zero attached hydrogens (tertiary/aromatic N) is 2. The second-order valence-corrected chi connectivity index (χ2v) is 15.4. The van der Waals surface area contributed by atoms with Crippen molar-refractivity contribution in [3.63, 3.8) is 0 Å². The highest BCUT2D eigenvalue weighted by atomic mass is 16.6. The molecular weight excluding hydrogens is 708 g/mol. The van der Waals surface area contributed by atoms with E-state index in [0.29, 0.717) is 38.2 Å². The number of phenolic OH excluding ortho intramolecular Hbond substituents is 1. The maximum absolute atomic E-state index is 13.6. The topological polar surface area (TPSA) is 176 Å². The fraction of sp³-hybridized carbons (Fsp3) is 0.643. The lowest BCUT2D eigenvalue weighted by Gasteiger charge is -2.37. The van der Waals surface area contributed by atoms with Crippen LogP contribution in [0.2, 0.25) is 0 Å². The monoisotopic (exact) mass is 772 g/mol. The van der Waals surface area contributed by atoms with Crippen LogP contribution in [0.5, 0.6) is 5.75 Å². The van der Waals surface area contributed by atoms with E-state index in [9.17, 15) is 34.8 Å². The zero-order chi connectivity index (χ0) is 40.9. The van der Waals surface area contributed by atoms with Crippen LogP contribution < -0.4 is 4.90 Å². The minimum atomic E-state index is -1.48. The Labute approximate surface area is 326 Å². The van der Waals surface area contributed by atoms with Crippen molar-refractivity contribution in [2.24, 2.45) is 17.8 Å². The summed E-state index contributed by atoms with van der Waals surface area (Å²) in [6.07, 6.45) is 4.53. The lowest BCUT2D eigenvalue weighted by Crippen LogP contribution is -2.51. The summed E-state index contributed by atoms with van der Waals surface area (Å²) >= 11 is 0. The maximum atomic E-state index is 13.6. The van der Waals surface area contributed by atoms with Gasteiger partial charge in [-0.15, -0.1) is 0 Å². The Morgan fingerprint density at radius 3 is 2.35 bits per heavy atom. The number of esters is 2. The van der Waals surface area contributed by atoms with E-state index >= 15 is 0 Å². The number of ether oxygens (including phenoxy) is 4. The van der Waals surface area contributed by atoms with Gasteiger partial charge in [-0.3, -0.25) is 9.59 Å². The number of cyclic esters (lactones) is 1. The van der Waals surface area contributed by atoms with E-state index in [4.69, 9.17) is 18.9 Å². The number of hydrogen-bond donors (Lipinski definition) is 4. The van der Waals surface area contributed by atoms with Gasteiger partial charge in [-0.25, -0.2) is 4.79 Å². The van der Waals surface area contributed by atoms with E-state index in [2.05, 4.69) is 4.90 Å². The Bertz CT molecular complexity index is 1460. The normalized spacial score (nSPS) is 27.8. The summed E-state index contributed by atoms with van der Waals surface area (Å²) in [7, 11) is 1.65. The zero-order valence-corrected chi connectivity index (χ0v) is 33.8. The number of aliphatic hydroxyl groups is 3. The van der Waals surface area contributed by atoms with Crippen LogP contribution in [-0.4, -0.2) is 119 Å². The molecule has 0 radical (unpaired) electrons. The average molecular weight is 773 g/mol. The SMILES string of the molecule is CCC(OC)C(C)CC(O)C(OC(=O)N1CCN(c2ccc(O)cc2)CC1)C(C)/C=C/C=C(\C)C1OC(=O)CC(O)CCC(C)(O)C(OC(C)=O)/C=C/C1C. The third-order valence-electron chi connectivity index (χ3n) is 10.7. The van der Waals surface area contributed by atoms with Gasteiger partial charge in [-0.2, -0.15) is 0 Å². The minimum absolute atomic E-state index is 0.00800. The molecule has 0 aliphatic carbocycles. The van der Waals surface area contributed by atoms with Crippen LogP contribution in [0.3, 0.4) is 0 Å². The summed E-state index contributed by atoms with van der Waals surface area (Å²) in [4.78, 5) is 42.1. The summed E-state index contributed by atoms with van der Waals surface area (Å²) in [5.74, 6) is -1.80. The van der Waals surface area contributed by atoms with Crippen LogP contribution >= 0.6 is 0 Å². The molecule has 3 rings (SSSR count). The molecule has 10 atom stereocenters. The smallest absolute Gasteiger partial charge is 0.410 e. The second-order valence-electron chi connectivity index (χ2n) is 15.4. The molecule has 1 aromatic carbocycles. The second kappa shape index (κ2) is 21.4. The molecule has 0 bridgehead atoms. The number of anilines is 1. The molecule has 10 unspecified atom stereocenters. The van der Waals surface area contributed by atoms with Crippen molar-refractivity contribution in [2.75, 3.05) is 38.2 Å². The third kappa shape index (κ3) is 14.0. The Kier molecular flexibility index (Phi) is 17.7. The van der Waals surface area contributed by atoms with E-state index in [1.807, 2.05) is 45.9 Å². The third-order valence-corrected chi connectivity index (χ3v) is 10.7. The largest absolute Gasteiger partial charge is 0.508 e. The van der Waals surface area contributed by atoms with Gasteiger partial charge in [-0.05, 0) is 81.4 Å². The van der Waals surface area contributed by atoms with Gasteiger partial charge in [-0.1, -0.05) is 52.0 Å². The summed E-state index contributed by atoms with van der Waals surface area (Å²) in [5.41, 5.74) is 0.153. The zero-order valence-electron chi connectivity index (χ0n) is 33.8. The summed E-state index contributed by atoms with van der Waals surface area (Å²) in [6, 6.07) is 6.94. The molecule has 0 saturated carbocycles. The summed E-state index contributed by atoms with van der Waals surface area (Å²) in [5, 5.41) is 42.9. The fourth-order valence-electron chi connectivity index (χ4n) is 7.22. The first kappa shape index (κ1) is 45.5. The van der Waals surface area contributed by atoms with Crippen LogP contribution in [0.1, 0.15) is 80.6 Å². The van der Waals surface area contributed by atoms with Crippen molar-refractivity contribution < 1.29 is 53.8 Å².